The molecule has 0 aromatic heterocycles. The van der Waals surface area contributed by atoms with Gasteiger partial charge in [-0.1, -0.05) is 18.7 Å². The summed E-state index contributed by atoms with van der Waals surface area (Å²) in [5.74, 6) is 1.13. The van der Waals surface area contributed by atoms with E-state index >= 15 is 0 Å². The second-order valence-electron chi connectivity index (χ2n) is 2.07. The molecule has 4 heteroatoms. The summed E-state index contributed by atoms with van der Waals surface area (Å²) >= 11 is 7.26. The van der Waals surface area contributed by atoms with Crippen molar-refractivity contribution in [1.82, 2.24) is 4.67 Å². The van der Waals surface area contributed by atoms with Gasteiger partial charge in [0.2, 0.25) is 0 Å². The van der Waals surface area contributed by atoms with Crippen LogP contribution in [0.5, 0.6) is 0 Å². The molecule has 0 spiro atoms. The Morgan fingerprint density at radius 1 is 1.56 bits per heavy atom. The van der Waals surface area contributed by atoms with Crippen LogP contribution in [-0.4, -0.2) is 31.2 Å². The third-order valence-electron chi connectivity index (χ3n) is 1.10. The summed E-state index contributed by atoms with van der Waals surface area (Å²) in [5.41, 5.74) is 0. The van der Waals surface area contributed by atoms with E-state index in [4.69, 9.17) is 11.8 Å². The number of nitrogens with zero attached hydrogens (tertiary/aromatic N) is 1. The lowest BCUT2D eigenvalue weighted by Crippen LogP contribution is -2.04. The molecule has 0 amide bonds. The molecule has 0 N–H and O–H groups in total. The lowest BCUT2D eigenvalue weighted by Gasteiger charge is -2.22. The van der Waals surface area contributed by atoms with Crippen LogP contribution in [0, 0.1) is 0 Å². The van der Waals surface area contributed by atoms with Gasteiger partial charge in [0.05, 0.1) is 5.39 Å². The highest BCUT2D eigenvalue weighted by Crippen LogP contribution is 2.56. The molecule has 1 nitrogen and oxygen atoms in total. The average molecular weight is 183 g/mol. The molecule has 1 atom stereocenters. The van der Waals surface area contributed by atoms with Crippen molar-refractivity contribution in [2.45, 2.75) is 6.92 Å². The summed E-state index contributed by atoms with van der Waals surface area (Å²) in [7, 11) is 4.12. The van der Waals surface area contributed by atoms with E-state index in [1.165, 1.54) is 0 Å². The maximum Gasteiger partial charge on any atom is 0.0634 e. The Morgan fingerprint density at radius 2 is 2.00 bits per heavy atom. The molecule has 0 aliphatic rings. The molecule has 1 unspecified atom stereocenters. The Hall–Kier alpha value is 0.960. The van der Waals surface area contributed by atoms with Gasteiger partial charge in [-0.2, -0.15) is 0 Å². The topological polar surface area (TPSA) is 3.24 Å². The Balaban J connectivity index is 3.87. The largest absolute Gasteiger partial charge is 0.274 e. The van der Waals surface area contributed by atoms with Gasteiger partial charge in [-0.3, -0.25) is 4.67 Å². The van der Waals surface area contributed by atoms with E-state index < -0.39 is 5.39 Å². The first-order valence-electron chi connectivity index (χ1n) is 2.90. The van der Waals surface area contributed by atoms with Crippen molar-refractivity contribution in [3.05, 3.63) is 0 Å². The van der Waals surface area contributed by atoms with E-state index in [2.05, 4.69) is 32.4 Å². The van der Waals surface area contributed by atoms with Crippen molar-refractivity contribution in [3.8, 4) is 0 Å². The molecule has 0 aromatic rings. The molecule has 0 saturated heterocycles. The quantitative estimate of drug-likeness (QED) is 0.618. The molecule has 0 radical (unpaired) electrons. The van der Waals surface area contributed by atoms with E-state index in [9.17, 15) is 0 Å². The molecule has 0 aromatic carbocycles. The van der Waals surface area contributed by atoms with E-state index in [1.807, 2.05) is 11.4 Å². The summed E-state index contributed by atoms with van der Waals surface area (Å²) < 4.78 is 2.16. The van der Waals surface area contributed by atoms with Crippen molar-refractivity contribution in [3.63, 3.8) is 0 Å². The predicted molar refractivity (Wildman–Crippen MR) is 52.0 cm³/mol. The van der Waals surface area contributed by atoms with Gasteiger partial charge in [-0.25, -0.2) is 0 Å². The smallest absolute Gasteiger partial charge is 0.0634 e. The third-order valence-corrected chi connectivity index (χ3v) is 8.41. The molecule has 0 saturated carbocycles. The predicted octanol–water partition coefficient (Wildman–Crippen LogP) is 2.24. The fraction of sp³-hybridized carbons (Fsp3) is 1.00. The Bertz CT molecular complexity index is 124. The van der Waals surface area contributed by atoms with Crippen molar-refractivity contribution < 1.29 is 0 Å². The van der Waals surface area contributed by atoms with Crippen molar-refractivity contribution in [2.24, 2.45) is 0 Å². The first-order valence-corrected chi connectivity index (χ1v) is 7.70. The lowest BCUT2D eigenvalue weighted by atomic mass is 11.0. The van der Waals surface area contributed by atoms with Crippen LogP contribution in [0.1, 0.15) is 6.92 Å². The van der Waals surface area contributed by atoms with Crippen LogP contribution in [0.15, 0.2) is 0 Å². The van der Waals surface area contributed by atoms with Crippen LogP contribution in [-0.2, 0) is 11.8 Å². The van der Waals surface area contributed by atoms with Gasteiger partial charge in [-0.05, 0) is 26.5 Å². The van der Waals surface area contributed by atoms with Gasteiger partial charge in [0.1, 0.15) is 0 Å². The molecule has 56 valence electrons. The number of hydrogen-bond donors (Lipinski definition) is 0. The average Bonchev–Trinajstić information content (AvgIpc) is 1.65. The second kappa shape index (κ2) is 3.97. The van der Waals surface area contributed by atoms with E-state index in [0.29, 0.717) is 0 Å². The molecule has 0 aliphatic heterocycles. The first-order chi connectivity index (χ1) is 4.00. The minimum atomic E-state index is -1.18. The fourth-order valence-corrected chi connectivity index (χ4v) is 4.14. The molecule has 0 aliphatic carbocycles. The van der Waals surface area contributed by atoms with Crippen molar-refractivity contribution in [1.29, 1.82) is 0 Å². The van der Waals surface area contributed by atoms with Gasteiger partial charge < -0.3 is 0 Å². The zero-order valence-corrected chi connectivity index (χ0v) is 8.95. The van der Waals surface area contributed by atoms with Crippen LogP contribution in [0.2, 0.25) is 0 Å². The SMILES string of the molecule is CCSP(C)(=S)N(C)C. The summed E-state index contributed by atoms with van der Waals surface area (Å²) in [5, 5.41) is -1.18. The fourth-order valence-electron chi connectivity index (χ4n) is 0.355. The number of hydrogen-bond acceptors (Lipinski definition) is 2. The van der Waals surface area contributed by atoms with Gasteiger partial charge in [-0.15, -0.1) is 11.4 Å². The minimum Gasteiger partial charge on any atom is -0.274 e. The van der Waals surface area contributed by atoms with Gasteiger partial charge in [0, 0.05) is 0 Å². The van der Waals surface area contributed by atoms with E-state index in [-0.39, 0.29) is 0 Å². The highest BCUT2D eigenvalue weighted by molar-refractivity contribution is 8.70. The summed E-state index contributed by atoms with van der Waals surface area (Å²) in [6.45, 7) is 4.31. The monoisotopic (exact) mass is 183 g/mol. The van der Waals surface area contributed by atoms with Crippen molar-refractivity contribution in [2.75, 3.05) is 26.5 Å². The second-order valence-corrected chi connectivity index (χ2v) is 11.0. The number of rotatable bonds is 3. The summed E-state index contributed by atoms with van der Waals surface area (Å²) in [6.07, 6.45) is 0. The molecular formula is C5H14NPS2. The third kappa shape index (κ3) is 3.61. The van der Waals surface area contributed by atoms with Crippen molar-refractivity contribution >= 4 is 28.6 Å². The maximum absolute atomic E-state index is 5.37. The highest BCUT2D eigenvalue weighted by Gasteiger charge is 2.10. The first kappa shape index (κ1) is 9.96. The molecule has 0 bridgehead atoms. The molecule has 9 heavy (non-hydrogen) atoms. The molecule has 0 rings (SSSR count). The Kier molecular flexibility index (Phi) is 4.39. The van der Waals surface area contributed by atoms with Crippen LogP contribution in [0.25, 0.3) is 0 Å². The van der Waals surface area contributed by atoms with Crippen LogP contribution >= 0.6 is 16.8 Å². The Labute approximate surface area is 67.0 Å². The normalized spacial score (nSPS) is 17.9. The van der Waals surface area contributed by atoms with Crippen LogP contribution in [0.4, 0.5) is 0 Å². The maximum atomic E-state index is 5.37. The molecular weight excluding hydrogens is 169 g/mol. The standard InChI is InChI=1S/C5H14NPS2/c1-5-9-7(4,8)6(2)3/h5H2,1-4H3. The van der Waals surface area contributed by atoms with Gasteiger partial charge in [0.15, 0.2) is 0 Å². The highest BCUT2D eigenvalue weighted by atomic mass is 32.9. The Morgan fingerprint density at radius 3 is 2.11 bits per heavy atom. The summed E-state index contributed by atoms with van der Waals surface area (Å²) in [6, 6.07) is 0. The zero-order chi connectivity index (χ0) is 7.49. The van der Waals surface area contributed by atoms with E-state index in [0.717, 1.165) is 5.75 Å². The minimum absolute atomic E-state index is 1.13. The van der Waals surface area contributed by atoms with Crippen LogP contribution < -0.4 is 0 Å². The molecule has 0 heterocycles. The molecule has 0 fully saturated rings. The summed E-state index contributed by atoms with van der Waals surface area (Å²) in [4.78, 5) is 0. The zero-order valence-electron chi connectivity index (χ0n) is 6.42. The van der Waals surface area contributed by atoms with Crippen LogP contribution in [0.3, 0.4) is 0 Å². The van der Waals surface area contributed by atoms with Gasteiger partial charge in [0.25, 0.3) is 0 Å². The van der Waals surface area contributed by atoms with Gasteiger partial charge >= 0.3 is 0 Å². The lowest BCUT2D eigenvalue weighted by molar-refractivity contribution is 0.689. The van der Waals surface area contributed by atoms with E-state index in [1.54, 1.807) is 0 Å².